The average Bonchev–Trinajstić information content (AvgIpc) is 3.20. The number of aromatic amines is 1. The number of rotatable bonds is 5. The van der Waals surface area contributed by atoms with Crippen LogP contribution in [0.15, 0.2) is 27.9 Å². The van der Waals surface area contributed by atoms with Gasteiger partial charge in [-0.1, -0.05) is 41.8 Å². The Hall–Kier alpha value is -0.310. The fraction of sp³-hybridized carbons (Fsp3) is 0.714. The molecule has 1 aromatic heterocycles. The Morgan fingerprint density at radius 3 is 2.90 bits per heavy atom. The molecular weight excluding hydrogens is 471 g/mol. The minimum Gasteiger partial charge on any atom is -0.352 e. The first-order valence-electron chi connectivity index (χ1n) is 10.8. The van der Waals surface area contributed by atoms with Crippen molar-refractivity contribution in [2.45, 2.75) is 88.2 Å². The summed E-state index contributed by atoms with van der Waals surface area (Å²) in [7, 11) is 0. The van der Waals surface area contributed by atoms with Crippen molar-refractivity contribution in [1.82, 2.24) is 9.55 Å². The van der Waals surface area contributed by atoms with Crippen LogP contribution in [0.1, 0.15) is 64.7 Å². The van der Waals surface area contributed by atoms with Crippen LogP contribution in [0.4, 0.5) is 0 Å². The molecule has 4 rings (SSSR count). The zero-order valence-corrected chi connectivity index (χ0v) is 21.8. The third-order valence-corrected chi connectivity index (χ3v) is 16.9. The van der Waals surface area contributed by atoms with E-state index in [9.17, 15) is 9.59 Å². The van der Waals surface area contributed by atoms with Crippen LogP contribution in [0.2, 0.25) is 0 Å². The van der Waals surface area contributed by atoms with Gasteiger partial charge in [0.1, 0.15) is 6.23 Å². The van der Waals surface area contributed by atoms with E-state index in [1.54, 1.807) is 13.1 Å². The van der Waals surface area contributed by atoms with Crippen LogP contribution in [0, 0.1) is 12.8 Å². The maximum atomic E-state index is 12.3. The molecule has 1 saturated carbocycles. The first-order valence-corrected chi connectivity index (χ1v) is 16.5. The Bertz CT molecular complexity index is 1040. The number of nitrogens with zero attached hydrogens (tertiary/aromatic N) is 1. The van der Waals surface area contributed by atoms with Crippen LogP contribution in [-0.4, -0.2) is 31.8 Å². The van der Waals surface area contributed by atoms with E-state index in [0.717, 1.165) is 19.3 Å². The van der Waals surface area contributed by atoms with Gasteiger partial charge in [0.15, 0.2) is 4.67 Å². The highest BCUT2D eigenvalue weighted by Gasteiger charge is 2.54. The van der Waals surface area contributed by atoms with Crippen molar-refractivity contribution < 1.29 is 9.26 Å². The maximum Gasteiger partial charge on any atom is 0.330 e. The summed E-state index contributed by atoms with van der Waals surface area (Å²) in [6.45, 7) is 12.4. The number of hydrogen-bond donors (Lipinski definition) is 1. The molecule has 1 N–H and O–H groups in total. The molecule has 31 heavy (non-hydrogen) atoms. The van der Waals surface area contributed by atoms with E-state index in [1.807, 2.05) is 22.8 Å². The Labute approximate surface area is 196 Å². The summed E-state index contributed by atoms with van der Waals surface area (Å²) >= 11 is 9.89. The number of hydrogen-bond acceptors (Lipinski definition) is 7. The lowest BCUT2D eigenvalue weighted by molar-refractivity contribution is -0.0164. The zero-order chi connectivity index (χ0) is 22.6. The molecule has 2 aliphatic heterocycles. The van der Waals surface area contributed by atoms with Gasteiger partial charge in [0, 0.05) is 28.2 Å². The molecule has 7 atom stereocenters. The van der Waals surface area contributed by atoms with E-state index >= 15 is 0 Å². The molecule has 172 valence electrons. The molecule has 1 aromatic rings. The Morgan fingerprint density at radius 2 is 2.23 bits per heavy atom. The first kappa shape index (κ1) is 23.8. The summed E-state index contributed by atoms with van der Waals surface area (Å²) in [5.41, 5.74) is 0.942. The van der Waals surface area contributed by atoms with Crippen molar-refractivity contribution in [3.05, 3.63) is 44.8 Å². The largest absolute Gasteiger partial charge is 0.352 e. The summed E-state index contributed by atoms with van der Waals surface area (Å²) in [6, 6.07) is 0. The van der Waals surface area contributed by atoms with Crippen molar-refractivity contribution in [3.63, 3.8) is 0 Å². The summed E-state index contributed by atoms with van der Waals surface area (Å²) in [6.07, 6.45) is 5.62. The first-order chi connectivity index (χ1) is 14.5. The van der Waals surface area contributed by atoms with Crippen molar-refractivity contribution in [1.29, 1.82) is 0 Å². The normalized spacial score (nSPS) is 40.1. The average molecular weight is 503 g/mol. The van der Waals surface area contributed by atoms with Gasteiger partial charge in [0.2, 0.25) is 0 Å². The van der Waals surface area contributed by atoms with Gasteiger partial charge < -0.3 is 9.26 Å². The van der Waals surface area contributed by atoms with Crippen LogP contribution < -0.4 is 11.2 Å². The number of allylic oxidation sites excluding steroid dienone is 1. The second-order valence-corrected chi connectivity index (χ2v) is 20.0. The highest BCUT2D eigenvalue weighted by molar-refractivity contribution is 9.01. The molecule has 3 fully saturated rings. The van der Waals surface area contributed by atoms with E-state index in [-0.39, 0.29) is 22.5 Å². The van der Waals surface area contributed by atoms with E-state index in [4.69, 9.17) is 21.1 Å². The van der Waals surface area contributed by atoms with Crippen molar-refractivity contribution in [2.75, 3.05) is 0 Å². The van der Waals surface area contributed by atoms with Gasteiger partial charge in [-0.15, -0.1) is 0 Å². The monoisotopic (exact) mass is 502 g/mol. The fourth-order valence-electron chi connectivity index (χ4n) is 4.74. The highest BCUT2D eigenvalue weighted by Crippen LogP contribution is 2.84. The zero-order valence-electron chi connectivity index (χ0n) is 18.5. The minimum absolute atomic E-state index is 0.122. The van der Waals surface area contributed by atoms with E-state index in [0.29, 0.717) is 23.2 Å². The highest BCUT2D eigenvalue weighted by atomic mass is 33.2. The number of aromatic nitrogens is 2. The van der Waals surface area contributed by atoms with Crippen LogP contribution in [-0.2, 0) is 21.1 Å². The van der Waals surface area contributed by atoms with Gasteiger partial charge in [0.25, 0.3) is 5.56 Å². The second-order valence-electron chi connectivity index (χ2n) is 9.16. The third-order valence-electron chi connectivity index (χ3n) is 6.75. The molecule has 10 heteroatoms. The number of H-pyrrole nitrogens is 1. The van der Waals surface area contributed by atoms with E-state index in [1.165, 1.54) is 16.6 Å². The van der Waals surface area contributed by atoms with Crippen LogP contribution in [0.25, 0.3) is 0 Å². The molecular formula is C21H31N2O4PS3. The lowest BCUT2D eigenvalue weighted by atomic mass is 9.79. The van der Waals surface area contributed by atoms with E-state index in [2.05, 4.69) is 32.3 Å². The third kappa shape index (κ3) is 4.69. The second kappa shape index (κ2) is 8.80. The Kier molecular flexibility index (Phi) is 6.77. The molecule has 1 aliphatic carbocycles. The van der Waals surface area contributed by atoms with Crippen molar-refractivity contribution in [3.8, 4) is 0 Å². The molecule has 0 aromatic carbocycles. The molecule has 6 nitrogen and oxygen atoms in total. The standard InChI is InChI=1S/C21H31N2O4PS3/c1-6-15-16(10-18(26-15)23-11-13(4)19(24)22-20(23)25)27-28(29)30-17-9-14(12(2)3)7-8-21(17,5)31-28/h11,14-18H,2,6-10H2,1,3-5H3,(H,22,24,25)/t14-,15+,16-,17+,18+,21+,28-/m0/s1. The van der Waals surface area contributed by atoms with Crippen molar-refractivity contribution >= 4 is 39.2 Å². The lowest BCUT2D eigenvalue weighted by Gasteiger charge is -2.38. The van der Waals surface area contributed by atoms with Crippen LogP contribution >= 0.6 is 27.4 Å². The molecule has 0 spiro atoms. The molecule has 0 bridgehead atoms. The predicted molar refractivity (Wildman–Crippen MR) is 134 cm³/mol. The molecule has 0 radical (unpaired) electrons. The van der Waals surface area contributed by atoms with Gasteiger partial charge in [-0.05, 0) is 64.2 Å². The molecule has 0 amide bonds. The Balaban J connectivity index is 1.51. The molecule has 0 unspecified atom stereocenters. The number of nitrogens with one attached hydrogen (secondary N) is 1. The number of fused-ring (bicyclic) bond motifs is 1. The SMILES string of the molecule is C=C(C)[C@H]1CC[C@@]2(C)S[P@](=S)(O[C@H]3C[C@H](n4cc(C)c(=O)[nH]c4=O)O[C@@H]3CC)S[C@@H]2C1. The molecule has 2 saturated heterocycles. The topological polar surface area (TPSA) is 73.3 Å². The quantitative estimate of drug-likeness (QED) is 0.442. The van der Waals surface area contributed by atoms with Gasteiger partial charge in [-0.2, -0.15) is 0 Å². The minimum atomic E-state index is -2.13. The van der Waals surface area contributed by atoms with E-state index < -0.39 is 16.6 Å². The number of aryl methyl sites for hydroxylation is 1. The van der Waals surface area contributed by atoms with Gasteiger partial charge in [0.05, 0.1) is 12.2 Å². The fourth-order valence-corrected chi connectivity index (χ4v) is 18.9. The van der Waals surface area contributed by atoms with Gasteiger partial charge in [-0.25, -0.2) is 4.79 Å². The van der Waals surface area contributed by atoms with Gasteiger partial charge in [-0.3, -0.25) is 14.3 Å². The summed E-state index contributed by atoms with van der Waals surface area (Å²) < 4.78 is 12.4. The summed E-state index contributed by atoms with van der Waals surface area (Å²) in [5, 5.41) is 0.487. The lowest BCUT2D eigenvalue weighted by Crippen LogP contribution is -2.36. The maximum absolute atomic E-state index is 12.3. The summed E-state index contributed by atoms with van der Waals surface area (Å²) in [5.74, 6) is 0.575. The van der Waals surface area contributed by atoms with Crippen LogP contribution in [0.3, 0.4) is 0 Å². The van der Waals surface area contributed by atoms with Crippen LogP contribution in [0.5, 0.6) is 0 Å². The smallest absolute Gasteiger partial charge is 0.330 e. The van der Waals surface area contributed by atoms with Gasteiger partial charge >= 0.3 is 5.69 Å². The number of ether oxygens (including phenoxy) is 1. The molecule has 3 heterocycles. The molecule has 3 aliphatic rings. The van der Waals surface area contributed by atoms with Crippen molar-refractivity contribution in [2.24, 2.45) is 5.92 Å². The summed E-state index contributed by atoms with van der Waals surface area (Å²) in [4.78, 5) is 26.4. The predicted octanol–water partition coefficient (Wildman–Crippen LogP) is 5.14. The Morgan fingerprint density at radius 1 is 1.48 bits per heavy atom.